The summed E-state index contributed by atoms with van der Waals surface area (Å²) in [4.78, 5) is 8.28. The van der Waals surface area contributed by atoms with Crippen molar-refractivity contribution in [1.82, 2.24) is 9.97 Å². The van der Waals surface area contributed by atoms with Gasteiger partial charge in [-0.2, -0.15) is 4.98 Å². The molecule has 110 valence electrons. The van der Waals surface area contributed by atoms with Crippen LogP contribution in [0.15, 0.2) is 30.6 Å². The maximum absolute atomic E-state index is 6.05. The second-order valence-corrected chi connectivity index (χ2v) is 5.27. The zero-order chi connectivity index (χ0) is 14.7. The van der Waals surface area contributed by atoms with E-state index < -0.39 is 0 Å². The molecule has 0 saturated heterocycles. The standard InChI is InChI=1S/C16H20N4O/c1-2-7-21-16-14(17)15(19-10-20-16)18-9-12-8-11-5-3-4-6-13(11)12/h3-6,10,12H,2,7-9,17H2,1H3,(H,18,19,20). The molecule has 0 amide bonds. The number of benzene rings is 1. The molecule has 0 fully saturated rings. The zero-order valence-electron chi connectivity index (χ0n) is 12.2. The van der Waals surface area contributed by atoms with E-state index in [2.05, 4.69) is 39.6 Å². The first kappa shape index (κ1) is 13.7. The van der Waals surface area contributed by atoms with Gasteiger partial charge in [0.15, 0.2) is 5.82 Å². The number of aromatic nitrogens is 2. The molecule has 0 saturated carbocycles. The maximum atomic E-state index is 6.05. The molecular formula is C16H20N4O. The Morgan fingerprint density at radius 1 is 1.33 bits per heavy atom. The number of rotatable bonds is 6. The van der Waals surface area contributed by atoms with Crippen LogP contribution in [0.25, 0.3) is 0 Å². The summed E-state index contributed by atoms with van der Waals surface area (Å²) in [5.41, 5.74) is 9.39. The van der Waals surface area contributed by atoms with Gasteiger partial charge in [0.1, 0.15) is 12.0 Å². The van der Waals surface area contributed by atoms with Gasteiger partial charge in [0.25, 0.3) is 0 Å². The molecule has 1 aliphatic carbocycles. The molecule has 1 unspecified atom stereocenters. The lowest BCUT2D eigenvalue weighted by atomic mass is 9.77. The van der Waals surface area contributed by atoms with Crippen LogP contribution in [0, 0.1) is 0 Å². The molecule has 1 aromatic carbocycles. The van der Waals surface area contributed by atoms with Gasteiger partial charge >= 0.3 is 0 Å². The van der Waals surface area contributed by atoms with Crippen LogP contribution >= 0.6 is 0 Å². The molecule has 0 bridgehead atoms. The van der Waals surface area contributed by atoms with E-state index in [1.54, 1.807) is 0 Å². The Labute approximate surface area is 124 Å². The summed E-state index contributed by atoms with van der Waals surface area (Å²) in [6.07, 6.45) is 3.51. The first-order valence-electron chi connectivity index (χ1n) is 7.34. The van der Waals surface area contributed by atoms with Gasteiger partial charge in [-0.3, -0.25) is 0 Å². The van der Waals surface area contributed by atoms with Crippen LogP contribution in [0.5, 0.6) is 5.88 Å². The van der Waals surface area contributed by atoms with Crippen LogP contribution in [-0.2, 0) is 6.42 Å². The molecule has 5 heteroatoms. The Bertz CT molecular complexity index is 629. The number of hydrogen-bond donors (Lipinski definition) is 2. The van der Waals surface area contributed by atoms with E-state index in [0.717, 1.165) is 19.4 Å². The lowest BCUT2D eigenvalue weighted by Crippen LogP contribution is -2.24. The van der Waals surface area contributed by atoms with Gasteiger partial charge in [-0.25, -0.2) is 4.98 Å². The van der Waals surface area contributed by atoms with Gasteiger partial charge in [-0.05, 0) is 24.0 Å². The maximum Gasteiger partial charge on any atom is 0.242 e. The summed E-state index contributed by atoms with van der Waals surface area (Å²) in [5.74, 6) is 1.64. The molecule has 0 radical (unpaired) electrons. The highest BCUT2D eigenvalue weighted by molar-refractivity contribution is 5.66. The van der Waals surface area contributed by atoms with Crippen LogP contribution in [0.3, 0.4) is 0 Å². The molecule has 1 heterocycles. The van der Waals surface area contributed by atoms with Gasteiger partial charge in [-0.1, -0.05) is 31.2 Å². The minimum absolute atomic E-state index is 0.461. The predicted molar refractivity (Wildman–Crippen MR) is 83.6 cm³/mol. The molecule has 1 atom stereocenters. The summed E-state index contributed by atoms with van der Waals surface area (Å²) in [7, 11) is 0. The number of ether oxygens (including phenoxy) is 1. The highest BCUT2D eigenvalue weighted by atomic mass is 16.5. The van der Waals surface area contributed by atoms with Crippen LogP contribution in [0.4, 0.5) is 11.5 Å². The van der Waals surface area contributed by atoms with Crippen LogP contribution in [0.2, 0.25) is 0 Å². The largest absolute Gasteiger partial charge is 0.476 e. The van der Waals surface area contributed by atoms with Crippen molar-refractivity contribution in [2.24, 2.45) is 0 Å². The molecule has 3 N–H and O–H groups in total. The molecule has 21 heavy (non-hydrogen) atoms. The van der Waals surface area contributed by atoms with E-state index >= 15 is 0 Å². The zero-order valence-corrected chi connectivity index (χ0v) is 12.2. The summed E-state index contributed by atoms with van der Waals surface area (Å²) in [5, 5.41) is 3.32. The second kappa shape index (κ2) is 5.99. The number of nitrogen functional groups attached to an aromatic ring is 1. The van der Waals surface area contributed by atoms with E-state index in [0.29, 0.717) is 29.9 Å². The molecule has 5 nitrogen and oxygen atoms in total. The minimum atomic E-state index is 0.461. The van der Waals surface area contributed by atoms with Crippen LogP contribution in [-0.4, -0.2) is 23.1 Å². The number of nitrogens with one attached hydrogen (secondary N) is 1. The fourth-order valence-corrected chi connectivity index (χ4v) is 2.60. The third-order valence-electron chi connectivity index (χ3n) is 3.77. The van der Waals surface area contributed by atoms with Crippen LogP contribution < -0.4 is 15.8 Å². The Balaban J connectivity index is 1.64. The summed E-state index contributed by atoms with van der Waals surface area (Å²) in [6.45, 7) is 3.48. The average molecular weight is 284 g/mol. The second-order valence-electron chi connectivity index (χ2n) is 5.27. The van der Waals surface area contributed by atoms with Crippen molar-refractivity contribution in [1.29, 1.82) is 0 Å². The number of anilines is 2. The lowest BCUT2D eigenvalue weighted by molar-refractivity contribution is 0.306. The van der Waals surface area contributed by atoms with Gasteiger partial charge in [0, 0.05) is 12.5 Å². The third kappa shape index (κ3) is 2.77. The fourth-order valence-electron chi connectivity index (χ4n) is 2.60. The average Bonchev–Trinajstić information content (AvgIpc) is 2.48. The van der Waals surface area contributed by atoms with Gasteiger partial charge in [0.2, 0.25) is 5.88 Å². The van der Waals surface area contributed by atoms with Gasteiger partial charge < -0.3 is 15.8 Å². The van der Waals surface area contributed by atoms with Crippen molar-refractivity contribution in [3.63, 3.8) is 0 Å². The van der Waals surface area contributed by atoms with Crippen molar-refractivity contribution >= 4 is 11.5 Å². The number of nitrogens with two attached hydrogens (primary N) is 1. The third-order valence-corrected chi connectivity index (χ3v) is 3.77. The molecule has 2 aromatic rings. The predicted octanol–water partition coefficient (Wildman–Crippen LogP) is 2.60. The topological polar surface area (TPSA) is 73.1 Å². The first-order chi connectivity index (χ1) is 10.3. The van der Waals surface area contributed by atoms with Crippen molar-refractivity contribution in [3.8, 4) is 5.88 Å². The van der Waals surface area contributed by atoms with Gasteiger partial charge in [-0.15, -0.1) is 0 Å². The molecule has 1 aromatic heterocycles. The quantitative estimate of drug-likeness (QED) is 0.853. The van der Waals surface area contributed by atoms with E-state index in [9.17, 15) is 0 Å². The summed E-state index contributed by atoms with van der Waals surface area (Å²) >= 11 is 0. The van der Waals surface area contributed by atoms with Crippen LogP contribution in [0.1, 0.15) is 30.4 Å². The van der Waals surface area contributed by atoms with E-state index in [-0.39, 0.29) is 0 Å². The molecule has 0 aliphatic heterocycles. The molecule has 1 aliphatic rings. The summed E-state index contributed by atoms with van der Waals surface area (Å²) in [6, 6.07) is 8.54. The van der Waals surface area contributed by atoms with Gasteiger partial charge in [0.05, 0.1) is 6.61 Å². The lowest BCUT2D eigenvalue weighted by Gasteiger charge is -2.30. The Hall–Kier alpha value is -2.30. The Morgan fingerprint density at radius 3 is 3.00 bits per heavy atom. The Morgan fingerprint density at radius 2 is 2.19 bits per heavy atom. The smallest absolute Gasteiger partial charge is 0.242 e. The van der Waals surface area contributed by atoms with E-state index in [1.807, 2.05) is 6.92 Å². The SMILES string of the molecule is CCCOc1ncnc(NCC2Cc3ccccc32)c1N. The van der Waals surface area contributed by atoms with Crippen molar-refractivity contribution in [3.05, 3.63) is 41.7 Å². The minimum Gasteiger partial charge on any atom is -0.476 e. The Kier molecular flexibility index (Phi) is 3.90. The van der Waals surface area contributed by atoms with Crippen molar-refractivity contribution in [2.75, 3.05) is 24.2 Å². The number of fused-ring (bicyclic) bond motifs is 1. The fraction of sp³-hybridized carbons (Fsp3) is 0.375. The van der Waals surface area contributed by atoms with Crippen molar-refractivity contribution < 1.29 is 4.74 Å². The highest BCUT2D eigenvalue weighted by Gasteiger charge is 2.25. The molecule has 0 spiro atoms. The summed E-state index contributed by atoms with van der Waals surface area (Å²) < 4.78 is 5.51. The molecular weight excluding hydrogens is 264 g/mol. The monoisotopic (exact) mass is 284 g/mol. The molecule has 3 rings (SSSR count). The van der Waals surface area contributed by atoms with E-state index in [1.165, 1.54) is 17.5 Å². The van der Waals surface area contributed by atoms with Crippen molar-refractivity contribution in [2.45, 2.75) is 25.7 Å². The number of hydrogen-bond acceptors (Lipinski definition) is 5. The number of nitrogens with zero attached hydrogens (tertiary/aromatic N) is 2. The van der Waals surface area contributed by atoms with E-state index in [4.69, 9.17) is 10.5 Å². The highest BCUT2D eigenvalue weighted by Crippen LogP contribution is 2.35. The normalized spacial score (nSPS) is 16.0. The first-order valence-corrected chi connectivity index (χ1v) is 7.34.